The van der Waals surface area contributed by atoms with Gasteiger partial charge in [-0.15, -0.1) is 0 Å². The molecule has 0 aliphatic rings. The lowest BCUT2D eigenvalue weighted by molar-refractivity contribution is -0.139. The Kier molecular flexibility index (Phi) is 4.10. The Morgan fingerprint density at radius 3 is 2.32 bits per heavy atom. The van der Waals surface area contributed by atoms with Crippen LogP contribution < -0.4 is 0 Å². The third kappa shape index (κ3) is 3.24. The highest BCUT2D eigenvalue weighted by atomic mass is 127. The first-order valence-corrected chi connectivity index (χ1v) is 6.42. The third-order valence-electron chi connectivity index (χ3n) is 2.64. The summed E-state index contributed by atoms with van der Waals surface area (Å²) >= 11 is 2.08. The number of hydrogen-bond acceptors (Lipinski definition) is 2. The normalized spacial score (nSPS) is 13.3. The number of aliphatic hydroxyl groups excluding tert-OH is 1. The van der Waals surface area contributed by atoms with Gasteiger partial charge in [0.15, 0.2) is 0 Å². The summed E-state index contributed by atoms with van der Waals surface area (Å²) in [4.78, 5) is 3.66. The van der Waals surface area contributed by atoms with Crippen molar-refractivity contribution in [1.29, 1.82) is 0 Å². The van der Waals surface area contributed by atoms with Crippen LogP contribution in [0.25, 0.3) is 0 Å². The zero-order valence-electron chi connectivity index (χ0n) is 9.53. The standard InChI is InChI=1S/C13H9F3INO/c14-13(15,16)11-5-6-18-7-10(11)12(19)8-1-3-9(17)4-2-8/h1-7,12,19H. The van der Waals surface area contributed by atoms with Crippen LogP contribution in [0.2, 0.25) is 0 Å². The summed E-state index contributed by atoms with van der Waals surface area (Å²) in [5, 5.41) is 10.1. The van der Waals surface area contributed by atoms with E-state index in [0.717, 1.165) is 22.0 Å². The Hall–Kier alpha value is -1.15. The minimum Gasteiger partial charge on any atom is -0.384 e. The molecule has 1 aromatic carbocycles. The van der Waals surface area contributed by atoms with Crippen molar-refractivity contribution < 1.29 is 18.3 Å². The van der Waals surface area contributed by atoms with Gasteiger partial charge in [0.2, 0.25) is 0 Å². The van der Waals surface area contributed by atoms with Gasteiger partial charge in [-0.1, -0.05) is 12.1 Å². The van der Waals surface area contributed by atoms with Crippen LogP contribution in [0, 0.1) is 3.57 Å². The van der Waals surface area contributed by atoms with Gasteiger partial charge in [-0.3, -0.25) is 4.98 Å². The molecular weight excluding hydrogens is 370 g/mol. The molecule has 0 radical (unpaired) electrons. The van der Waals surface area contributed by atoms with Crippen molar-refractivity contribution in [2.45, 2.75) is 12.3 Å². The van der Waals surface area contributed by atoms with E-state index in [2.05, 4.69) is 27.6 Å². The predicted octanol–water partition coefficient (Wildman–Crippen LogP) is 3.79. The van der Waals surface area contributed by atoms with Crippen LogP contribution in [0.4, 0.5) is 13.2 Å². The summed E-state index contributed by atoms with van der Waals surface area (Å²) in [5.41, 5.74) is -0.705. The van der Waals surface area contributed by atoms with E-state index in [1.165, 1.54) is 0 Å². The molecule has 2 rings (SSSR count). The molecule has 0 saturated carbocycles. The number of aliphatic hydroxyl groups is 1. The molecule has 100 valence electrons. The SMILES string of the molecule is OC(c1ccc(I)cc1)c1cnccc1C(F)(F)F. The van der Waals surface area contributed by atoms with Gasteiger partial charge in [-0.25, -0.2) is 0 Å². The molecule has 1 unspecified atom stereocenters. The highest BCUT2D eigenvalue weighted by molar-refractivity contribution is 14.1. The summed E-state index contributed by atoms with van der Waals surface area (Å²) in [7, 11) is 0. The van der Waals surface area contributed by atoms with Gasteiger partial charge in [0.05, 0.1) is 5.56 Å². The van der Waals surface area contributed by atoms with Crippen LogP contribution in [0.1, 0.15) is 22.8 Å². The van der Waals surface area contributed by atoms with Crippen molar-refractivity contribution >= 4 is 22.6 Å². The Morgan fingerprint density at radius 2 is 1.74 bits per heavy atom. The summed E-state index contributed by atoms with van der Waals surface area (Å²) < 4.78 is 39.5. The van der Waals surface area contributed by atoms with Crippen molar-refractivity contribution in [3.63, 3.8) is 0 Å². The van der Waals surface area contributed by atoms with Gasteiger partial charge >= 0.3 is 6.18 Å². The number of hydrogen-bond donors (Lipinski definition) is 1. The van der Waals surface area contributed by atoms with Crippen LogP contribution in [0.3, 0.4) is 0 Å². The number of aromatic nitrogens is 1. The minimum absolute atomic E-state index is 0.240. The van der Waals surface area contributed by atoms with E-state index in [-0.39, 0.29) is 5.56 Å². The van der Waals surface area contributed by atoms with Gasteiger partial charge in [0.1, 0.15) is 6.10 Å². The Bertz CT molecular complexity index is 569. The van der Waals surface area contributed by atoms with Gasteiger partial charge in [0, 0.05) is 21.5 Å². The molecule has 1 N–H and O–H groups in total. The maximum absolute atomic E-state index is 12.8. The molecule has 1 heterocycles. The highest BCUT2D eigenvalue weighted by Crippen LogP contribution is 2.35. The fourth-order valence-corrected chi connectivity index (χ4v) is 2.07. The lowest BCUT2D eigenvalue weighted by atomic mass is 9.98. The quantitative estimate of drug-likeness (QED) is 0.806. The van der Waals surface area contributed by atoms with Crippen LogP contribution in [0.5, 0.6) is 0 Å². The molecule has 0 aliphatic carbocycles. The fraction of sp³-hybridized carbons (Fsp3) is 0.154. The molecule has 19 heavy (non-hydrogen) atoms. The van der Waals surface area contributed by atoms with Crippen LogP contribution in [0.15, 0.2) is 42.7 Å². The molecule has 0 aliphatic heterocycles. The molecule has 1 atom stereocenters. The first kappa shape index (κ1) is 14.3. The van der Waals surface area contributed by atoms with E-state index in [1.807, 2.05) is 0 Å². The van der Waals surface area contributed by atoms with E-state index >= 15 is 0 Å². The molecule has 6 heteroatoms. The maximum atomic E-state index is 12.8. The predicted molar refractivity (Wildman–Crippen MR) is 72.5 cm³/mol. The summed E-state index contributed by atoms with van der Waals surface area (Å²) in [6.07, 6.45) is -3.75. The van der Waals surface area contributed by atoms with E-state index in [9.17, 15) is 18.3 Å². The lowest BCUT2D eigenvalue weighted by Crippen LogP contribution is -2.13. The maximum Gasteiger partial charge on any atom is 0.416 e. The zero-order chi connectivity index (χ0) is 14.0. The van der Waals surface area contributed by atoms with Gasteiger partial charge in [-0.05, 0) is 46.4 Å². The number of rotatable bonds is 2. The van der Waals surface area contributed by atoms with Crippen molar-refractivity contribution in [1.82, 2.24) is 4.98 Å². The Morgan fingerprint density at radius 1 is 1.11 bits per heavy atom. The number of pyridine rings is 1. The smallest absolute Gasteiger partial charge is 0.384 e. The second kappa shape index (κ2) is 5.46. The second-order valence-corrected chi connectivity index (χ2v) is 5.16. The molecule has 0 bridgehead atoms. The highest BCUT2D eigenvalue weighted by Gasteiger charge is 2.35. The van der Waals surface area contributed by atoms with E-state index in [1.54, 1.807) is 24.3 Å². The van der Waals surface area contributed by atoms with Crippen LogP contribution in [-0.2, 0) is 6.18 Å². The Balaban J connectivity index is 2.44. The monoisotopic (exact) mass is 379 g/mol. The van der Waals surface area contributed by atoms with Crippen LogP contribution in [-0.4, -0.2) is 10.1 Å². The Labute approximate surface area is 121 Å². The van der Waals surface area contributed by atoms with Crippen molar-refractivity contribution in [2.75, 3.05) is 0 Å². The largest absolute Gasteiger partial charge is 0.416 e. The number of alkyl halides is 3. The number of halogens is 4. The topological polar surface area (TPSA) is 33.1 Å². The van der Waals surface area contributed by atoms with Crippen molar-refractivity contribution in [3.05, 3.63) is 63.0 Å². The second-order valence-electron chi connectivity index (χ2n) is 3.91. The average Bonchev–Trinajstić information content (AvgIpc) is 2.38. The van der Waals surface area contributed by atoms with Gasteiger partial charge in [0.25, 0.3) is 0 Å². The van der Waals surface area contributed by atoms with Crippen molar-refractivity contribution in [3.8, 4) is 0 Å². The zero-order valence-corrected chi connectivity index (χ0v) is 11.7. The first-order valence-electron chi connectivity index (χ1n) is 5.34. The lowest BCUT2D eigenvalue weighted by Gasteiger charge is -2.17. The van der Waals surface area contributed by atoms with Crippen LogP contribution >= 0.6 is 22.6 Å². The molecule has 1 aromatic heterocycles. The molecule has 2 aromatic rings. The molecule has 2 nitrogen and oxygen atoms in total. The fourth-order valence-electron chi connectivity index (χ4n) is 1.71. The molecular formula is C13H9F3INO. The third-order valence-corrected chi connectivity index (χ3v) is 3.36. The summed E-state index contributed by atoms with van der Waals surface area (Å²) in [6.45, 7) is 0. The number of benzene rings is 1. The molecule has 0 saturated heterocycles. The summed E-state index contributed by atoms with van der Waals surface area (Å²) in [5.74, 6) is 0. The summed E-state index contributed by atoms with van der Waals surface area (Å²) in [6, 6.07) is 7.51. The average molecular weight is 379 g/mol. The van der Waals surface area contributed by atoms with Gasteiger partial charge < -0.3 is 5.11 Å². The van der Waals surface area contributed by atoms with E-state index in [0.29, 0.717) is 5.56 Å². The minimum atomic E-state index is -4.51. The molecule has 0 fully saturated rings. The molecule has 0 amide bonds. The molecule has 0 spiro atoms. The van der Waals surface area contributed by atoms with E-state index in [4.69, 9.17) is 0 Å². The number of nitrogens with zero attached hydrogens (tertiary/aromatic N) is 1. The van der Waals surface area contributed by atoms with Crippen molar-refractivity contribution in [2.24, 2.45) is 0 Å². The first-order chi connectivity index (χ1) is 8.89. The van der Waals surface area contributed by atoms with Gasteiger partial charge in [-0.2, -0.15) is 13.2 Å². The van der Waals surface area contributed by atoms with E-state index < -0.39 is 17.8 Å².